The van der Waals surface area contributed by atoms with E-state index >= 15 is 0 Å². The summed E-state index contributed by atoms with van der Waals surface area (Å²) in [6.07, 6.45) is 0. The van der Waals surface area contributed by atoms with Crippen LogP contribution in [0.3, 0.4) is 0 Å². The Hall–Kier alpha value is -1.68. The number of nitrogens with one attached hydrogen (secondary N) is 1. The van der Waals surface area contributed by atoms with Crippen molar-refractivity contribution in [1.29, 1.82) is 0 Å². The lowest BCUT2D eigenvalue weighted by molar-refractivity contribution is 0.311. The van der Waals surface area contributed by atoms with E-state index in [-0.39, 0.29) is 0 Å². The van der Waals surface area contributed by atoms with E-state index in [1.165, 1.54) is 5.56 Å². The molecule has 1 N–H and O–H groups in total. The molecule has 2 rings (SSSR count). The van der Waals surface area contributed by atoms with E-state index in [0.717, 1.165) is 23.7 Å². The van der Waals surface area contributed by atoms with Crippen LogP contribution in [0.25, 0.3) is 0 Å². The molecule has 0 saturated carbocycles. The molecule has 0 amide bonds. The Balaban J connectivity index is 2.06. The largest absolute Gasteiger partial charge is 0.493 e. The summed E-state index contributed by atoms with van der Waals surface area (Å²) in [5.41, 5.74) is 2.32. The average Bonchev–Trinajstić information content (AvgIpc) is 2.90. The van der Waals surface area contributed by atoms with Crippen molar-refractivity contribution in [2.75, 3.05) is 19.0 Å². The maximum absolute atomic E-state index is 5.54. The first-order valence-corrected chi connectivity index (χ1v) is 6.83. The van der Waals surface area contributed by atoms with Crippen molar-refractivity contribution in [1.82, 2.24) is 0 Å². The topological polar surface area (TPSA) is 30.5 Å². The van der Waals surface area contributed by atoms with Gasteiger partial charge in [-0.25, -0.2) is 0 Å². The predicted octanol–water partition coefficient (Wildman–Crippen LogP) is 3.77. The number of thiophene rings is 1. The van der Waals surface area contributed by atoms with Crippen LogP contribution in [-0.4, -0.2) is 13.7 Å². The van der Waals surface area contributed by atoms with E-state index in [9.17, 15) is 0 Å². The third kappa shape index (κ3) is 3.17. The molecule has 0 bridgehead atoms. The highest BCUT2D eigenvalue weighted by Gasteiger charge is 2.05. The molecule has 1 heterocycles. The molecule has 0 fully saturated rings. The Morgan fingerprint density at radius 2 is 2.11 bits per heavy atom. The van der Waals surface area contributed by atoms with Gasteiger partial charge in [0.05, 0.1) is 13.7 Å². The molecule has 0 radical (unpaired) electrons. The zero-order valence-electron chi connectivity index (χ0n) is 10.6. The third-order valence-electron chi connectivity index (χ3n) is 2.54. The molecule has 0 aliphatic rings. The van der Waals surface area contributed by atoms with E-state index in [2.05, 4.69) is 22.1 Å². The van der Waals surface area contributed by atoms with Gasteiger partial charge in [-0.1, -0.05) is 0 Å². The van der Waals surface area contributed by atoms with Crippen LogP contribution in [0.1, 0.15) is 12.5 Å². The molecule has 0 saturated heterocycles. The standard InChI is InChI=1S/C14H17NO2S/c1-3-17-14-8-12(4-5-13(14)16-2)15-9-11-6-7-18-10-11/h4-8,10,15H,3,9H2,1-2H3. The Kier molecular flexibility index (Phi) is 4.47. The predicted molar refractivity (Wildman–Crippen MR) is 75.8 cm³/mol. The third-order valence-corrected chi connectivity index (χ3v) is 3.27. The fourth-order valence-electron chi connectivity index (χ4n) is 1.65. The molecule has 0 unspecified atom stereocenters. The minimum absolute atomic E-state index is 0.629. The van der Waals surface area contributed by atoms with Crippen molar-refractivity contribution in [2.24, 2.45) is 0 Å². The van der Waals surface area contributed by atoms with Crippen LogP contribution in [0.2, 0.25) is 0 Å². The number of rotatable bonds is 6. The first-order valence-electron chi connectivity index (χ1n) is 5.89. The van der Waals surface area contributed by atoms with Gasteiger partial charge in [-0.05, 0) is 41.4 Å². The minimum Gasteiger partial charge on any atom is -0.493 e. The van der Waals surface area contributed by atoms with Crippen LogP contribution in [0.15, 0.2) is 35.0 Å². The summed E-state index contributed by atoms with van der Waals surface area (Å²) in [5.74, 6) is 1.54. The quantitative estimate of drug-likeness (QED) is 0.860. The normalized spacial score (nSPS) is 10.1. The van der Waals surface area contributed by atoms with Crippen LogP contribution in [0.5, 0.6) is 11.5 Å². The first-order chi connectivity index (χ1) is 8.83. The highest BCUT2D eigenvalue weighted by molar-refractivity contribution is 7.07. The Morgan fingerprint density at radius 1 is 1.22 bits per heavy atom. The van der Waals surface area contributed by atoms with Gasteiger partial charge in [0.15, 0.2) is 11.5 Å². The second kappa shape index (κ2) is 6.31. The maximum atomic E-state index is 5.54. The number of methoxy groups -OCH3 is 1. The lowest BCUT2D eigenvalue weighted by Gasteiger charge is -2.12. The summed E-state index contributed by atoms with van der Waals surface area (Å²) < 4.78 is 10.8. The van der Waals surface area contributed by atoms with Crippen LogP contribution < -0.4 is 14.8 Å². The molecule has 96 valence electrons. The van der Waals surface area contributed by atoms with E-state index in [0.29, 0.717) is 6.61 Å². The zero-order chi connectivity index (χ0) is 12.8. The van der Waals surface area contributed by atoms with E-state index in [1.807, 2.05) is 25.1 Å². The highest BCUT2D eigenvalue weighted by Crippen LogP contribution is 2.30. The van der Waals surface area contributed by atoms with Crippen LogP contribution in [0, 0.1) is 0 Å². The van der Waals surface area contributed by atoms with Crippen LogP contribution in [0.4, 0.5) is 5.69 Å². The highest BCUT2D eigenvalue weighted by atomic mass is 32.1. The molecule has 0 aliphatic carbocycles. The number of anilines is 1. The minimum atomic E-state index is 0.629. The van der Waals surface area contributed by atoms with Crippen molar-refractivity contribution in [2.45, 2.75) is 13.5 Å². The molecular formula is C14H17NO2S. The first kappa shape index (κ1) is 12.8. The van der Waals surface area contributed by atoms with Gasteiger partial charge in [0.1, 0.15) is 0 Å². The average molecular weight is 263 g/mol. The van der Waals surface area contributed by atoms with Crippen molar-refractivity contribution in [3.05, 3.63) is 40.6 Å². The van der Waals surface area contributed by atoms with Gasteiger partial charge in [-0.3, -0.25) is 0 Å². The Morgan fingerprint density at radius 3 is 2.78 bits per heavy atom. The summed E-state index contributed by atoms with van der Waals surface area (Å²) in [7, 11) is 1.65. The van der Waals surface area contributed by atoms with Gasteiger partial charge in [-0.15, -0.1) is 0 Å². The monoisotopic (exact) mass is 263 g/mol. The molecule has 0 atom stereocenters. The molecule has 3 nitrogen and oxygen atoms in total. The lowest BCUT2D eigenvalue weighted by atomic mass is 10.2. The van der Waals surface area contributed by atoms with Gasteiger partial charge < -0.3 is 14.8 Å². The number of ether oxygens (including phenoxy) is 2. The molecule has 1 aromatic heterocycles. The zero-order valence-corrected chi connectivity index (χ0v) is 11.4. The summed E-state index contributed by atoms with van der Waals surface area (Å²) in [6.45, 7) is 3.41. The summed E-state index contributed by atoms with van der Waals surface area (Å²) in [6, 6.07) is 7.99. The lowest BCUT2D eigenvalue weighted by Crippen LogP contribution is -2.00. The molecule has 2 aromatic rings. The molecule has 0 aliphatic heterocycles. The number of hydrogen-bond donors (Lipinski definition) is 1. The molecule has 1 aromatic carbocycles. The SMILES string of the molecule is CCOc1cc(NCc2ccsc2)ccc1OC. The fourth-order valence-corrected chi connectivity index (χ4v) is 2.32. The van der Waals surface area contributed by atoms with Crippen molar-refractivity contribution < 1.29 is 9.47 Å². The van der Waals surface area contributed by atoms with Crippen LogP contribution in [-0.2, 0) is 6.54 Å². The maximum Gasteiger partial charge on any atom is 0.163 e. The van der Waals surface area contributed by atoms with Crippen molar-refractivity contribution in [3.63, 3.8) is 0 Å². The van der Waals surface area contributed by atoms with E-state index in [4.69, 9.17) is 9.47 Å². The Labute approximate surface area is 111 Å². The second-order valence-electron chi connectivity index (χ2n) is 3.78. The van der Waals surface area contributed by atoms with Gasteiger partial charge >= 0.3 is 0 Å². The molecule has 18 heavy (non-hydrogen) atoms. The summed E-state index contributed by atoms with van der Waals surface area (Å²) >= 11 is 1.71. The number of benzene rings is 1. The summed E-state index contributed by atoms with van der Waals surface area (Å²) in [5, 5.41) is 7.59. The van der Waals surface area contributed by atoms with Crippen molar-refractivity contribution >= 4 is 17.0 Å². The van der Waals surface area contributed by atoms with E-state index < -0.39 is 0 Å². The van der Waals surface area contributed by atoms with Gasteiger partial charge in [0.2, 0.25) is 0 Å². The van der Waals surface area contributed by atoms with Crippen LogP contribution >= 0.6 is 11.3 Å². The molecular weight excluding hydrogens is 246 g/mol. The Bertz CT molecular complexity index is 483. The second-order valence-corrected chi connectivity index (χ2v) is 4.56. The van der Waals surface area contributed by atoms with Gasteiger partial charge in [0, 0.05) is 18.3 Å². The molecule has 4 heteroatoms. The van der Waals surface area contributed by atoms with Gasteiger partial charge in [0.25, 0.3) is 0 Å². The van der Waals surface area contributed by atoms with Gasteiger partial charge in [-0.2, -0.15) is 11.3 Å². The fraction of sp³-hybridized carbons (Fsp3) is 0.286. The van der Waals surface area contributed by atoms with E-state index in [1.54, 1.807) is 18.4 Å². The number of hydrogen-bond acceptors (Lipinski definition) is 4. The van der Waals surface area contributed by atoms with Crippen molar-refractivity contribution in [3.8, 4) is 11.5 Å². The summed E-state index contributed by atoms with van der Waals surface area (Å²) in [4.78, 5) is 0. The smallest absolute Gasteiger partial charge is 0.163 e. The molecule has 0 spiro atoms.